The number of carbonyl (C=O) groups excluding carboxylic acids is 2. The lowest BCUT2D eigenvalue weighted by molar-refractivity contribution is -0.122. The van der Waals surface area contributed by atoms with Gasteiger partial charge in [-0.25, -0.2) is 9.67 Å². The number of hydrogen-bond acceptors (Lipinski definition) is 7. The predicted octanol–water partition coefficient (Wildman–Crippen LogP) is -0.618. The molecule has 2 aromatic heterocycles. The first kappa shape index (κ1) is 17.9. The molecule has 1 saturated heterocycles. The molecule has 10 nitrogen and oxygen atoms in total. The second-order valence-electron chi connectivity index (χ2n) is 6.72. The normalized spacial score (nSPS) is 20.0. The SMILES string of the molecule is CNC(=O)[C@@H]1C[C@@H](n2cc(C(C)(C)NC(=O)c3cnccn3)nn2)CN1. The quantitative estimate of drug-likeness (QED) is 0.650. The zero-order chi connectivity index (χ0) is 18.7. The van der Waals surface area contributed by atoms with Crippen molar-refractivity contribution in [1.82, 2.24) is 40.9 Å². The van der Waals surface area contributed by atoms with Gasteiger partial charge in [-0.15, -0.1) is 5.10 Å². The third-order valence-electron chi connectivity index (χ3n) is 4.42. The van der Waals surface area contributed by atoms with Crippen LogP contribution in [0.2, 0.25) is 0 Å². The summed E-state index contributed by atoms with van der Waals surface area (Å²) in [6.07, 6.45) is 6.82. The molecule has 3 heterocycles. The van der Waals surface area contributed by atoms with Crippen LogP contribution in [-0.2, 0) is 10.3 Å². The van der Waals surface area contributed by atoms with Crippen LogP contribution >= 0.6 is 0 Å². The predicted molar refractivity (Wildman–Crippen MR) is 92.1 cm³/mol. The number of hydrogen-bond donors (Lipinski definition) is 3. The molecule has 2 amide bonds. The van der Waals surface area contributed by atoms with Crippen molar-refractivity contribution in [3.63, 3.8) is 0 Å². The van der Waals surface area contributed by atoms with Crippen molar-refractivity contribution in [2.24, 2.45) is 0 Å². The lowest BCUT2D eigenvalue weighted by atomic mass is 10.0. The lowest BCUT2D eigenvalue weighted by Crippen LogP contribution is -2.41. The molecule has 1 aliphatic rings. The van der Waals surface area contributed by atoms with Crippen LogP contribution in [0.1, 0.15) is 42.5 Å². The van der Waals surface area contributed by atoms with Crippen LogP contribution in [0.3, 0.4) is 0 Å². The minimum atomic E-state index is -0.737. The zero-order valence-electron chi connectivity index (χ0n) is 14.9. The maximum atomic E-state index is 12.3. The standard InChI is InChI=1S/C16H22N8O2/c1-16(2,21-15(26)12-8-18-4-5-19-12)13-9-24(23-22-13)10-6-11(20-7-10)14(25)17-3/h4-5,8-11,20H,6-7H2,1-3H3,(H,17,25)(H,21,26)/t10-,11+/m1/s1. The highest BCUT2D eigenvalue weighted by Crippen LogP contribution is 2.23. The number of aromatic nitrogens is 5. The fourth-order valence-electron chi connectivity index (χ4n) is 2.86. The van der Waals surface area contributed by atoms with Gasteiger partial charge in [0.05, 0.1) is 30.0 Å². The van der Waals surface area contributed by atoms with Crippen LogP contribution in [0, 0.1) is 0 Å². The number of nitrogens with one attached hydrogen (secondary N) is 3. The van der Waals surface area contributed by atoms with Gasteiger partial charge in [-0.1, -0.05) is 5.21 Å². The summed E-state index contributed by atoms with van der Waals surface area (Å²) in [5, 5.41) is 17.1. The molecule has 0 aromatic carbocycles. The van der Waals surface area contributed by atoms with Crippen LogP contribution in [-0.4, -0.2) is 56.4 Å². The van der Waals surface area contributed by atoms with Crippen LogP contribution in [0.4, 0.5) is 0 Å². The van der Waals surface area contributed by atoms with Gasteiger partial charge in [-0.05, 0) is 20.3 Å². The van der Waals surface area contributed by atoms with Gasteiger partial charge in [0.1, 0.15) is 11.4 Å². The Labute approximate surface area is 150 Å². The summed E-state index contributed by atoms with van der Waals surface area (Å²) in [5.41, 5.74) is 0.124. The topological polar surface area (TPSA) is 127 Å². The summed E-state index contributed by atoms with van der Waals surface area (Å²) < 4.78 is 1.74. The Morgan fingerprint density at radius 3 is 2.85 bits per heavy atom. The average Bonchev–Trinajstić information content (AvgIpc) is 3.31. The van der Waals surface area contributed by atoms with Gasteiger partial charge in [0.2, 0.25) is 5.91 Å². The Kier molecular flexibility index (Phi) is 4.94. The first-order valence-electron chi connectivity index (χ1n) is 8.36. The maximum Gasteiger partial charge on any atom is 0.272 e. The van der Waals surface area contributed by atoms with Gasteiger partial charge in [0, 0.05) is 26.0 Å². The molecule has 10 heteroatoms. The van der Waals surface area contributed by atoms with E-state index in [0.717, 1.165) is 0 Å². The fourth-order valence-corrected chi connectivity index (χ4v) is 2.86. The van der Waals surface area contributed by atoms with Gasteiger partial charge in [-0.3, -0.25) is 14.6 Å². The van der Waals surface area contributed by atoms with E-state index < -0.39 is 5.54 Å². The number of amides is 2. The number of rotatable bonds is 5. The summed E-state index contributed by atoms with van der Waals surface area (Å²) in [6, 6.07) is -0.202. The second-order valence-corrected chi connectivity index (χ2v) is 6.72. The first-order valence-corrected chi connectivity index (χ1v) is 8.36. The van der Waals surface area contributed by atoms with Crippen molar-refractivity contribution in [2.45, 2.75) is 37.9 Å². The molecule has 1 aliphatic heterocycles. The van der Waals surface area contributed by atoms with Gasteiger partial charge in [-0.2, -0.15) is 0 Å². The van der Waals surface area contributed by atoms with Crippen molar-refractivity contribution in [3.8, 4) is 0 Å². The van der Waals surface area contributed by atoms with E-state index in [2.05, 4.69) is 36.2 Å². The van der Waals surface area contributed by atoms with Gasteiger partial charge >= 0.3 is 0 Å². The highest BCUT2D eigenvalue weighted by molar-refractivity contribution is 5.92. The molecule has 0 bridgehead atoms. The van der Waals surface area contributed by atoms with Crippen LogP contribution in [0.5, 0.6) is 0 Å². The molecule has 26 heavy (non-hydrogen) atoms. The number of nitrogens with zero attached hydrogens (tertiary/aromatic N) is 5. The lowest BCUT2D eigenvalue weighted by Gasteiger charge is -2.23. The van der Waals surface area contributed by atoms with E-state index >= 15 is 0 Å². The van der Waals surface area contributed by atoms with Gasteiger partial charge < -0.3 is 16.0 Å². The van der Waals surface area contributed by atoms with Crippen molar-refractivity contribution < 1.29 is 9.59 Å². The molecule has 0 unspecified atom stereocenters. The maximum absolute atomic E-state index is 12.3. The van der Waals surface area contributed by atoms with E-state index in [1.165, 1.54) is 18.6 Å². The molecule has 0 spiro atoms. The summed E-state index contributed by atoms with van der Waals surface area (Å²) in [7, 11) is 1.62. The summed E-state index contributed by atoms with van der Waals surface area (Å²) in [4.78, 5) is 32.0. The molecule has 3 rings (SSSR count). The van der Waals surface area contributed by atoms with Crippen molar-refractivity contribution in [3.05, 3.63) is 36.2 Å². The first-order chi connectivity index (χ1) is 12.4. The Morgan fingerprint density at radius 1 is 1.35 bits per heavy atom. The molecule has 3 N–H and O–H groups in total. The zero-order valence-corrected chi connectivity index (χ0v) is 14.9. The van der Waals surface area contributed by atoms with Crippen molar-refractivity contribution in [1.29, 1.82) is 0 Å². The second kappa shape index (κ2) is 7.16. The van der Waals surface area contributed by atoms with Crippen LogP contribution in [0.15, 0.2) is 24.8 Å². The van der Waals surface area contributed by atoms with Crippen molar-refractivity contribution in [2.75, 3.05) is 13.6 Å². The third-order valence-corrected chi connectivity index (χ3v) is 4.42. The summed E-state index contributed by atoms with van der Waals surface area (Å²) in [5.74, 6) is -0.371. The smallest absolute Gasteiger partial charge is 0.272 e. The number of likely N-dealkylation sites (N-methyl/N-ethyl adjacent to an activating group) is 1. The molecule has 2 atom stereocenters. The van der Waals surface area contributed by atoms with Crippen LogP contribution in [0.25, 0.3) is 0 Å². The molecule has 0 saturated carbocycles. The van der Waals surface area contributed by atoms with Crippen LogP contribution < -0.4 is 16.0 Å². The molecule has 2 aromatic rings. The highest BCUT2D eigenvalue weighted by atomic mass is 16.2. The minimum Gasteiger partial charge on any atom is -0.358 e. The molecular formula is C16H22N8O2. The Balaban J connectivity index is 1.68. The van der Waals surface area contributed by atoms with E-state index in [1.54, 1.807) is 17.9 Å². The van der Waals surface area contributed by atoms with E-state index in [-0.39, 0.29) is 29.6 Å². The average molecular weight is 358 g/mol. The minimum absolute atomic E-state index is 0.0324. The Morgan fingerprint density at radius 2 is 2.15 bits per heavy atom. The van der Waals surface area contributed by atoms with Gasteiger partial charge in [0.25, 0.3) is 5.91 Å². The van der Waals surface area contributed by atoms with E-state index in [4.69, 9.17) is 0 Å². The molecule has 138 valence electrons. The largest absolute Gasteiger partial charge is 0.358 e. The Hall–Kier alpha value is -2.88. The van der Waals surface area contributed by atoms with E-state index in [0.29, 0.717) is 18.7 Å². The number of carbonyl (C=O) groups is 2. The molecule has 1 fully saturated rings. The van der Waals surface area contributed by atoms with Crippen molar-refractivity contribution >= 4 is 11.8 Å². The highest BCUT2D eigenvalue weighted by Gasteiger charge is 2.32. The third kappa shape index (κ3) is 3.69. The molecular weight excluding hydrogens is 336 g/mol. The molecule has 0 radical (unpaired) electrons. The fraction of sp³-hybridized carbons (Fsp3) is 0.500. The van der Waals surface area contributed by atoms with E-state index in [1.807, 2.05) is 13.8 Å². The summed E-state index contributed by atoms with van der Waals surface area (Å²) in [6.45, 7) is 4.32. The summed E-state index contributed by atoms with van der Waals surface area (Å²) >= 11 is 0. The van der Waals surface area contributed by atoms with Gasteiger partial charge in [0.15, 0.2) is 0 Å². The monoisotopic (exact) mass is 358 g/mol. The Bertz CT molecular complexity index is 789. The molecule has 0 aliphatic carbocycles. The van der Waals surface area contributed by atoms with E-state index in [9.17, 15) is 9.59 Å².